The van der Waals surface area contributed by atoms with Crippen molar-refractivity contribution in [2.45, 2.75) is 20.8 Å². The Morgan fingerprint density at radius 2 is 2.12 bits per heavy atom. The van der Waals surface area contributed by atoms with E-state index in [0.717, 1.165) is 5.69 Å². The first-order valence-corrected chi connectivity index (χ1v) is 5.64. The summed E-state index contributed by atoms with van der Waals surface area (Å²) >= 11 is 0. The van der Waals surface area contributed by atoms with E-state index in [4.69, 9.17) is 5.11 Å². The highest BCUT2D eigenvalue weighted by Gasteiger charge is 2.20. The van der Waals surface area contributed by atoms with E-state index in [1.54, 1.807) is 19.1 Å². The average Bonchev–Trinajstić information content (AvgIpc) is 2.22. The molecule has 0 radical (unpaired) electrons. The van der Waals surface area contributed by atoms with Crippen LogP contribution in [0, 0.1) is 24.6 Å². The minimum Gasteiger partial charge on any atom is -0.481 e. The predicted molar refractivity (Wildman–Crippen MR) is 65.6 cm³/mol. The van der Waals surface area contributed by atoms with E-state index in [2.05, 4.69) is 5.32 Å². The summed E-state index contributed by atoms with van der Waals surface area (Å²) in [6.07, 6.45) is 0. The number of carbonyl (C=O) groups is 1. The van der Waals surface area contributed by atoms with E-state index >= 15 is 0 Å². The lowest BCUT2D eigenvalue weighted by Gasteiger charge is -2.17. The first-order valence-electron chi connectivity index (χ1n) is 5.64. The van der Waals surface area contributed by atoms with Crippen molar-refractivity contribution in [2.24, 2.45) is 11.8 Å². The number of nitrogens with one attached hydrogen (secondary N) is 1. The number of halogens is 1. The predicted octanol–water partition coefficient (Wildman–Crippen LogP) is 2.90. The highest BCUT2D eigenvalue weighted by atomic mass is 19.1. The van der Waals surface area contributed by atoms with Gasteiger partial charge >= 0.3 is 5.97 Å². The van der Waals surface area contributed by atoms with E-state index in [1.165, 1.54) is 6.07 Å². The first kappa shape index (κ1) is 13.5. The molecule has 0 saturated heterocycles. The molecule has 1 unspecified atom stereocenters. The molecule has 2 N–H and O–H groups in total. The number of aliphatic carboxylic acids is 1. The Balaban J connectivity index is 2.65. The van der Waals surface area contributed by atoms with Crippen molar-refractivity contribution in [3.8, 4) is 0 Å². The maximum Gasteiger partial charge on any atom is 0.308 e. The van der Waals surface area contributed by atoms with Gasteiger partial charge in [0, 0.05) is 12.2 Å². The number of hydrogen-bond acceptors (Lipinski definition) is 2. The maximum absolute atomic E-state index is 13.0. The summed E-state index contributed by atoms with van der Waals surface area (Å²) < 4.78 is 13.0. The third kappa shape index (κ3) is 3.73. The molecule has 0 aromatic heterocycles. The number of aryl methyl sites for hydroxylation is 1. The lowest BCUT2D eigenvalue weighted by Crippen LogP contribution is -2.27. The quantitative estimate of drug-likeness (QED) is 0.830. The van der Waals surface area contributed by atoms with Crippen LogP contribution < -0.4 is 5.32 Å². The van der Waals surface area contributed by atoms with Crippen molar-refractivity contribution in [3.05, 3.63) is 29.6 Å². The molecule has 3 nitrogen and oxygen atoms in total. The lowest BCUT2D eigenvalue weighted by atomic mass is 9.96. The third-order valence-corrected chi connectivity index (χ3v) is 2.81. The van der Waals surface area contributed by atoms with Crippen molar-refractivity contribution < 1.29 is 14.3 Å². The van der Waals surface area contributed by atoms with Crippen LogP contribution in [0.4, 0.5) is 10.1 Å². The van der Waals surface area contributed by atoms with E-state index in [1.807, 2.05) is 13.8 Å². The number of benzene rings is 1. The third-order valence-electron chi connectivity index (χ3n) is 2.81. The largest absolute Gasteiger partial charge is 0.481 e. The highest BCUT2D eigenvalue weighted by molar-refractivity contribution is 5.71. The second kappa shape index (κ2) is 5.66. The molecule has 0 bridgehead atoms. The minimum absolute atomic E-state index is 0.0570. The molecule has 94 valence electrons. The molecule has 1 atom stereocenters. The number of anilines is 1. The van der Waals surface area contributed by atoms with Gasteiger partial charge in [-0.05, 0) is 36.6 Å². The fourth-order valence-electron chi connectivity index (χ4n) is 1.59. The van der Waals surface area contributed by atoms with Crippen LogP contribution in [-0.2, 0) is 4.79 Å². The number of hydrogen-bond donors (Lipinski definition) is 2. The van der Waals surface area contributed by atoms with Crippen molar-refractivity contribution in [2.75, 3.05) is 11.9 Å². The molecule has 1 rings (SSSR count). The molecule has 17 heavy (non-hydrogen) atoms. The van der Waals surface area contributed by atoms with Gasteiger partial charge in [-0.25, -0.2) is 4.39 Å². The monoisotopic (exact) mass is 239 g/mol. The van der Waals surface area contributed by atoms with Gasteiger partial charge in [0.1, 0.15) is 5.82 Å². The van der Waals surface area contributed by atoms with Gasteiger partial charge in [-0.1, -0.05) is 13.8 Å². The van der Waals surface area contributed by atoms with E-state index in [9.17, 15) is 9.18 Å². The van der Waals surface area contributed by atoms with Crippen LogP contribution in [0.5, 0.6) is 0 Å². The van der Waals surface area contributed by atoms with E-state index < -0.39 is 11.9 Å². The first-order chi connectivity index (χ1) is 7.91. The Labute approximate surface area is 101 Å². The van der Waals surface area contributed by atoms with E-state index in [0.29, 0.717) is 12.1 Å². The Morgan fingerprint density at radius 3 is 2.59 bits per heavy atom. The maximum atomic E-state index is 13.0. The number of carboxylic acids is 1. The standard InChI is InChI=1S/C13H18FNO2/c1-8(2)11(13(16)17)7-15-10-4-5-12(14)9(3)6-10/h4-6,8,11,15H,7H2,1-3H3,(H,16,17). The van der Waals surface area contributed by atoms with Gasteiger partial charge in [-0.2, -0.15) is 0 Å². The molecule has 0 aliphatic carbocycles. The fraction of sp³-hybridized carbons (Fsp3) is 0.462. The lowest BCUT2D eigenvalue weighted by molar-refractivity contribution is -0.142. The summed E-state index contributed by atoms with van der Waals surface area (Å²) in [5, 5.41) is 12.0. The molecule has 0 fully saturated rings. The van der Waals surface area contributed by atoms with Gasteiger partial charge < -0.3 is 10.4 Å². The van der Waals surface area contributed by atoms with Crippen molar-refractivity contribution in [1.29, 1.82) is 0 Å². The summed E-state index contributed by atoms with van der Waals surface area (Å²) in [4.78, 5) is 11.0. The Kier molecular flexibility index (Phi) is 4.49. The topological polar surface area (TPSA) is 49.3 Å². The highest BCUT2D eigenvalue weighted by Crippen LogP contribution is 2.16. The van der Waals surface area contributed by atoms with Crippen LogP contribution in [0.1, 0.15) is 19.4 Å². The molecule has 0 aliphatic rings. The Hall–Kier alpha value is -1.58. The molecule has 0 saturated carbocycles. The van der Waals surface area contributed by atoms with Crippen molar-refractivity contribution >= 4 is 11.7 Å². The molecule has 1 aromatic carbocycles. The molecule has 4 heteroatoms. The van der Waals surface area contributed by atoms with Gasteiger partial charge in [0.05, 0.1) is 5.92 Å². The summed E-state index contributed by atoms with van der Waals surface area (Å²) in [6, 6.07) is 4.67. The van der Waals surface area contributed by atoms with Crippen LogP contribution in [0.3, 0.4) is 0 Å². The summed E-state index contributed by atoms with van der Waals surface area (Å²) in [6.45, 7) is 5.77. The molecular weight excluding hydrogens is 221 g/mol. The molecular formula is C13H18FNO2. The minimum atomic E-state index is -0.814. The number of carboxylic acid groups (broad SMARTS) is 1. The van der Waals surface area contributed by atoms with E-state index in [-0.39, 0.29) is 11.7 Å². The van der Waals surface area contributed by atoms with Gasteiger partial charge in [-0.3, -0.25) is 4.79 Å². The molecule has 1 aromatic rings. The SMILES string of the molecule is Cc1cc(NCC(C(=O)O)C(C)C)ccc1F. The normalized spacial score (nSPS) is 12.5. The zero-order valence-electron chi connectivity index (χ0n) is 10.3. The van der Waals surface area contributed by atoms with Crippen molar-refractivity contribution in [1.82, 2.24) is 0 Å². The van der Waals surface area contributed by atoms with Gasteiger partial charge in [0.15, 0.2) is 0 Å². The summed E-state index contributed by atoms with van der Waals surface area (Å²) in [7, 11) is 0. The molecule has 0 heterocycles. The molecule has 0 amide bonds. The smallest absolute Gasteiger partial charge is 0.308 e. The van der Waals surface area contributed by atoms with Gasteiger partial charge in [0.2, 0.25) is 0 Å². The van der Waals surface area contributed by atoms with Gasteiger partial charge in [0.25, 0.3) is 0 Å². The zero-order chi connectivity index (χ0) is 13.0. The van der Waals surface area contributed by atoms with Gasteiger partial charge in [-0.15, -0.1) is 0 Å². The van der Waals surface area contributed by atoms with Crippen molar-refractivity contribution in [3.63, 3.8) is 0 Å². The molecule has 0 spiro atoms. The second-order valence-corrected chi connectivity index (χ2v) is 4.53. The van der Waals surface area contributed by atoms with Crippen LogP contribution >= 0.6 is 0 Å². The average molecular weight is 239 g/mol. The summed E-state index contributed by atoms with van der Waals surface area (Å²) in [5.74, 6) is -1.46. The Morgan fingerprint density at radius 1 is 1.47 bits per heavy atom. The number of rotatable bonds is 5. The molecule has 0 aliphatic heterocycles. The van der Waals surface area contributed by atoms with Crippen LogP contribution in [0.15, 0.2) is 18.2 Å². The second-order valence-electron chi connectivity index (χ2n) is 4.53. The van der Waals surface area contributed by atoms with Crippen LogP contribution in [0.25, 0.3) is 0 Å². The van der Waals surface area contributed by atoms with Crippen LogP contribution in [-0.4, -0.2) is 17.6 Å². The zero-order valence-corrected chi connectivity index (χ0v) is 10.3. The fourth-order valence-corrected chi connectivity index (χ4v) is 1.59. The van der Waals surface area contributed by atoms with Crippen LogP contribution in [0.2, 0.25) is 0 Å². The Bertz CT molecular complexity index is 404. The summed E-state index contributed by atoms with van der Waals surface area (Å²) in [5.41, 5.74) is 1.29.